The lowest BCUT2D eigenvalue weighted by Gasteiger charge is -2.30. The van der Waals surface area contributed by atoms with E-state index in [1.807, 2.05) is 50.2 Å². The Morgan fingerprint density at radius 1 is 1.00 bits per heavy atom. The van der Waals surface area contributed by atoms with Crippen LogP contribution in [-0.4, -0.2) is 43.8 Å². The zero-order chi connectivity index (χ0) is 28.2. The summed E-state index contributed by atoms with van der Waals surface area (Å²) in [6, 6.07) is 20.2. The molecule has 0 spiro atoms. The second-order valence-electron chi connectivity index (χ2n) is 10.3. The molecule has 2 atom stereocenters. The van der Waals surface area contributed by atoms with E-state index in [4.69, 9.17) is 18.9 Å². The first-order valence-electron chi connectivity index (χ1n) is 13.4. The molecule has 0 saturated carbocycles. The Morgan fingerprint density at radius 3 is 2.50 bits per heavy atom. The van der Waals surface area contributed by atoms with E-state index in [9.17, 15) is 9.59 Å². The van der Waals surface area contributed by atoms with Crippen LogP contribution in [0.25, 0.3) is 10.9 Å². The van der Waals surface area contributed by atoms with Crippen LogP contribution in [0.3, 0.4) is 0 Å². The quantitative estimate of drug-likeness (QED) is 0.275. The van der Waals surface area contributed by atoms with Gasteiger partial charge in [0, 0.05) is 28.6 Å². The molecule has 0 radical (unpaired) electrons. The summed E-state index contributed by atoms with van der Waals surface area (Å²) in [5.41, 5.74) is 5.45. The van der Waals surface area contributed by atoms with Crippen molar-refractivity contribution >= 4 is 22.8 Å². The number of hydrogen-bond acceptors (Lipinski definition) is 7. The Balaban J connectivity index is 1.39. The molecule has 2 N–H and O–H groups in total. The number of aromatic nitrogens is 1. The summed E-state index contributed by atoms with van der Waals surface area (Å²) >= 11 is 0. The molecule has 0 fully saturated rings. The lowest BCUT2D eigenvalue weighted by atomic mass is 9.89. The van der Waals surface area contributed by atoms with E-state index in [1.54, 1.807) is 31.4 Å². The van der Waals surface area contributed by atoms with Crippen molar-refractivity contribution in [3.63, 3.8) is 0 Å². The van der Waals surface area contributed by atoms with Gasteiger partial charge >= 0.3 is 11.9 Å². The van der Waals surface area contributed by atoms with E-state index in [2.05, 4.69) is 16.4 Å². The van der Waals surface area contributed by atoms with E-state index in [0.29, 0.717) is 30.1 Å². The molecule has 0 bridgehead atoms. The smallest absolute Gasteiger partial charge is 0.338 e. The molecule has 5 rings (SSSR count). The molecule has 4 aromatic rings. The van der Waals surface area contributed by atoms with Gasteiger partial charge in [0.1, 0.15) is 24.1 Å². The molecule has 40 heavy (non-hydrogen) atoms. The average molecular weight is 543 g/mol. The fraction of sp³-hybridized carbons (Fsp3) is 0.312. The summed E-state index contributed by atoms with van der Waals surface area (Å²) in [7, 11) is 3.03. The lowest BCUT2D eigenvalue weighted by Crippen LogP contribution is -2.45. The van der Waals surface area contributed by atoms with Gasteiger partial charge in [0.15, 0.2) is 0 Å². The van der Waals surface area contributed by atoms with Crippen molar-refractivity contribution in [2.24, 2.45) is 5.92 Å². The summed E-state index contributed by atoms with van der Waals surface area (Å²) in [4.78, 5) is 28.4. The first kappa shape index (κ1) is 27.3. The Kier molecular flexibility index (Phi) is 8.07. The number of nitrogens with one attached hydrogen (secondary N) is 2. The molecule has 1 aliphatic rings. The van der Waals surface area contributed by atoms with Crippen molar-refractivity contribution in [1.29, 1.82) is 0 Å². The molecule has 1 aliphatic heterocycles. The van der Waals surface area contributed by atoms with Gasteiger partial charge in [-0.25, -0.2) is 4.79 Å². The summed E-state index contributed by atoms with van der Waals surface area (Å²) in [6.45, 7) is 4.62. The van der Waals surface area contributed by atoms with Gasteiger partial charge in [-0.05, 0) is 59.5 Å². The first-order valence-corrected chi connectivity index (χ1v) is 13.4. The molecule has 208 valence electrons. The van der Waals surface area contributed by atoms with Crippen molar-refractivity contribution < 1.29 is 28.5 Å². The molecule has 8 nitrogen and oxygen atoms in total. The molecular formula is C32H34N2O6. The number of esters is 2. The van der Waals surface area contributed by atoms with Crippen LogP contribution >= 0.6 is 0 Å². The average Bonchev–Trinajstić information content (AvgIpc) is 3.36. The number of aromatic amines is 1. The molecule has 0 amide bonds. The van der Waals surface area contributed by atoms with Crippen LogP contribution in [-0.2, 0) is 27.3 Å². The topological polar surface area (TPSA) is 98.9 Å². The second-order valence-corrected chi connectivity index (χ2v) is 10.3. The number of H-pyrrole nitrogens is 1. The Bertz CT molecular complexity index is 1510. The summed E-state index contributed by atoms with van der Waals surface area (Å²) in [5, 5.41) is 4.58. The van der Waals surface area contributed by atoms with Gasteiger partial charge in [0.2, 0.25) is 0 Å². The SMILES string of the molecule is COC(=O)[C@@H]1Cc2c([nH]c3ccccc23)[C@H](c2ccc(OC)c(COc3ccc(C(=O)OCC(C)C)cc3)c2)N1. The fourth-order valence-electron chi connectivity index (χ4n) is 5.06. The van der Waals surface area contributed by atoms with Gasteiger partial charge in [-0.1, -0.05) is 38.1 Å². The van der Waals surface area contributed by atoms with Crippen molar-refractivity contribution in [1.82, 2.24) is 10.3 Å². The third-order valence-electron chi connectivity index (χ3n) is 7.07. The van der Waals surface area contributed by atoms with E-state index in [-0.39, 0.29) is 30.5 Å². The summed E-state index contributed by atoms with van der Waals surface area (Å²) in [6.07, 6.45) is 0.537. The molecule has 0 unspecified atom stereocenters. The number of carbonyl (C=O) groups excluding carboxylic acids is 2. The van der Waals surface area contributed by atoms with Crippen LogP contribution in [0.15, 0.2) is 66.7 Å². The van der Waals surface area contributed by atoms with E-state index in [0.717, 1.165) is 33.3 Å². The normalized spacial score (nSPS) is 16.4. The van der Waals surface area contributed by atoms with Crippen molar-refractivity contribution in [3.8, 4) is 11.5 Å². The molecule has 0 saturated heterocycles. The fourth-order valence-corrected chi connectivity index (χ4v) is 5.06. The third-order valence-corrected chi connectivity index (χ3v) is 7.07. The number of para-hydroxylation sites is 1. The number of ether oxygens (including phenoxy) is 4. The monoisotopic (exact) mass is 542 g/mol. The van der Waals surface area contributed by atoms with E-state index >= 15 is 0 Å². The molecule has 8 heteroatoms. The maximum absolute atomic E-state index is 12.6. The summed E-state index contributed by atoms with van der Waals surface area (Å²) < 4.78 is 22.1. The van der Waals surface area contributed by atoms with Crippen LogP contribution < -0.4 is 14.8 Å². The van der Waals surface area contributed by atoms with E-state index in [1.165, 1.54) is 7.11 Å². The maximum Gasteiger partial charge on any atom is 0.338 e. The largest absolute Gasteiger partial charge is 0.496 e. The summed E-state index contributed by atoms with van der Waals surface area (Å²) in [5.74, 6) is 0.933. The minimum Gasteiger partial charge on any atom is -0.496 e. The molecule has 1 aromatic heterocycles. The molecule has 0 aliphatic carbocycles. The molecular weight excluding hydrogens is 508 g/mol. The van der Waals surface area contributed by atoms with Crippen molar-refractivity contribution in [2.75, 3.05) is 20.8 Å². The van der Waals surface area contributed by atoms with Crippen molar-refractivity contribution in [3.05, 3.63) is 94.7 Å². The van der Waals surface area contributed by atoms with Crippen LogP contribution in [0.1, 0.15) is 52.6 Å². The Morgan fingerprint density at radius 2 is 1.77 bits per heavy atom. The maximum atomic E-state index is 12.6. The third kappa shape index (κ3) is 5.67. The minimum absolute atomic E-state index is 0.251. The van der Waals surface area contributed by atoms with Crippen molar-refractivity contribution in [2.45, 2.75) is 39.0 Å². The molecule has 3 aromatic carbocycles. The highest BCUT2D eigenvalue weighted by molar-refractivity contribution is 5.89. The number of fused-ring (bicyclic) bond motifs is 3. The van der Waals surface area contributed by atoms with Gasteiger partial charge in [-0.3, -0.25) is 10.1 Å². The van der Waals surface area contributed by atoms with Gasteiger partial charge in [-0.2, -0.15) is 0 Å². The zero-order valence-corrected chi connectivity index (χ0v) is 23.2. The van der Waals surface area contributed by atoms with Gasteiger partial charge in [0.25, 0.3) is 0 Å². The van der Waals surface area contributed by atoms with Gasteiger partial charge in [-0.15, -0.1) is 0 Å². The highest BCUT2D eigenvalue weighted by atomic mass is 16.5. The minimum atomic E-state index is -0.478. The first-order chi connectivity index (χ1) is 19.4. The van der Waals surface area contributed by atoms with Crippen LogP contribution in [0, 0.1) is 5.92 Å². The number of rotatable bonds is 9. The van der Waals surface area contributed by atoms with Crippen LogP contribution in [0.2, 0.25) is 0 Å². The Labute approximate surface area is 233 Å². The second kappa shape index (κ2) is 11.8. The van der Waals surface area contributed by atoms with Crippen LogP contribution in [0.5, 0.6) is 11.5 Å². The number of benzene rings is 3. The Hall–Kier alpha value is -4.30. The van der Waals surface area contributed by atoms with Crippen LogP contribution in [0.4, 0.5) is 0 Å². The highest BCUT2D eigenvalue weighted by Crippen LogP contribution is 2.37. The number of methoxy groups -OCH3 is 2. The molecule has 2 heterocycles. The number of carbonyl (C=O) groups is 2. The predicted molar refractivity (Wildman–Crippen MR) is 152 cm³/mol. The highest BCUT2D eigenvalue weighted by Gasteiger charge is 2.34. The van der Waals surface area contributed by atoms with Gasteiger partial charge in [0.05, 0.1) is 32.4 Å². The van der Waals surface area contributed by atoms with Gasteiger partial charge < -0.3 is 23.9 Å². The van der Waals surface area contributed by atoms with E-state index < -0.39 is 6.04 Å². The predicted octanol–water partition coefficient (Wildman–Crippen LogP) is 5.35. The standard InChI is InChI=1S/C32H34N2O6/c1-19(2)17-40-31(35)20-9-12-23(13-10-20)39-18-22-15-21(11-14-28(22)37-3)29-30-25(16-27(34-29)32(36)38-4)24-7-5-6-8-26(24)33-30/h5-15,19,27,29,33-34H,16-18H2,1-4H3/t27-,29-/m0/s1. The lowest BCUT2D eigenvalue weighted by molar-refractivity contribution is -0.143. The zero-order valence-electron chi connectivity index (χ0n) is 23.2. The number of hydrogen-bond donors (Lipinski definition) is 2.